The van der Waals surface area contributed by atoms with Gasteiger partial charge in [-0.15, -0.1) is 0 Å². The molecule has 4 rings (SSSR count). The summed E-state index contributed by atoms with van der Waals surface area (Å²) in [4.78, 5) is 16.1. The average Bonchev–Trinajstić information content (AvgIpc) is 2.94. The third-order valence-corrected chi connectivity index (χ3v) is 7.68. The number of carbonyl (C=O) groups is 1. The van der Waals surface area contributed by atoms with Crippen LogP contribution in [0.3, 0.4) is 0 Å². The van der Waals surface area contributed by atoms with Gasteiger partial charge in [-0.3, -0.25) is 4.79 Å². The Bertz CT molecular complexity index is 1210. The molecular weight excluding hydrogens is 501 g/mol. The fourth-order valence-corrected chi connectivity index (χ4v) is 4.95. The van der Waals surface area contributed by atoms with E-state index in [9.17, 15) is 13.4 Å². The van der Waals surface area contributed by atoms with Crippen LogP contribution in [0.15, 0.2) is 65.6 Å². The Morgan fingerprint density at radius 1 is 1.03 bits per heavy atom. The number of unbranched alkanes of at least 4 members (excludes halogenated alkanes) is 1. The van der Waals surface area contributed by atoms with Gasteiger partial charge < -0.3 is 19.3 Å². The third-order valence-electron chi connectivity index (χ3n) is 6.58. The highest BCUT2D eigenvalue weighted by molar-refractivity contribution is 7.86. The highest BCUT2D eigenvalue weighted by Gasteiger charge is 2.15. The van der Waals surface area contributed by atoms with Crippen LogP contribution >= 0.6 is 0 Å². The Hall–Kier alpha value is -3.23. The molecular formula is C30H38FN3O3S. The molecule has 204 valence electrons. The number of nitrogens with zero attached hydrogens (tertiary/aromatic N) is 2. The van der Waals surface area contributed by atoms with Crippen molar-refractivity contribution >= 4 is 28.6 Å². The molecule has 0 bridgehead atoms. The second-order valence-corrected chi connectivity index (χ2v) is 10.6. The Morgan fingerprint density at radius 3 is 2.37 bits per heavy atom. The number of hydrogen-bond donors (Lipinski definition) is 1. The predicted octanol–water partition coefficient (Wildman–Crippen LogP) is 5.87. The monoisotopic (exact) mass is 539 g/mol. The van der Waals surface area contributed by atoms with E-state index in [0.29, 0.717) is 16.2 Å². The Balaban J connectivity index is 0.000000221. The van der Waals surface area contributed by atoms with E-state index in [4.69, 9.17) is 4.74 Å². The summed E-state index contributed by atoms with van der Waals surface area (Å²) in [6.07, 6.45) is 4.21. The molecule has 0 spiro atoms. The van der Waals surface area contributed by atoms with Crippen molar-refractivity contribution < 1.29 is 18.1 Å². The Labute approximate surface area is 228 Å². The lowest BCUT2D eigenvalue weighted by atomic mass is 10.1. The lowest BCUT2D eigenvalue weighted by molar-refractivity contribution is 0.112. The second-order valence-electron chi connectivity index (χ2n) is 9.42. The third kappa shape index (κ3) is 8.39. The molecule has 3 aromatic carbocycles. The molecule has 0 aromatic heterocycles. The minimum Gasteiger partial charge on any atom is -0.494 e. The molecule has 1 atom stereocenters. The van der Waals surface area contributed by atoms with Crippen molar-refractivity contribution in [1.29, 1.82) is 0 Å². The van der Waals surface area contributed by atoms with Gasteiger partial charge in [0.2, 0.25) is 0 Å². The first-order valence-electron chi connectivity index (χ1n) is 12.9. The summed E-state index contributed by atoms with van der Waals surface area (Å²) in [6.45, 7) is 8.07. The van der Waals surface area contributed by atoms with Crippen LogP contribution in [0.1, 0.15) is 41.3 Å². The fourth-order valence-electron chi connectivity index (χ4n) is 4.06. The number of carbonyl (C=O) groups excluding carboxylic acids is 1. The zero-order chi connectivity index (χ0) is 27.5. The molecule has 38 heavy (non-hydrogen) atoms. The first-order chi connectivity index (χ1) is 18.3. The number of aryl methyl sites for hydroxylation is 2. The maximum atomic E-state index is 13.2. The number of piperazine rings is 1. The van der Waals surface area contributed by atoms with Crippen molar-refractivity contribution in [2.45, 2.75) is 38.0 Å². The molecule has 0 aliphatic carbocycles. The van der Waals surface area contributed by atoms with Crippen LogP contribution in [-0.4, -0.2) is 55.7 Å². The van der Waals surface area contributed by atoms with Gasteiger partial charge in [0.15, 0.2) is 11.6 Å². The van der Waals surface area contributed by atoms with E-state index in [2.05, 4.69) is 40.6 Å². The number of methoxy groups -OCH3 is 1. The number of benzene rings is 3. The number of rotatable bonds is 9. The van der Waals surface area contributed by atoms with Gasteiger partial charge >= 0.3 is 0 Å². The van der Waals surface area contributed by atoms with Gasteiger partial charge in [-0.05, 0) is 74.3 Å². The summed E-state index contributed by atoms with van der Waals surface area (Å²) in [7, 11) is 2.23. The van der Waals surface area contributed by atoms with E-state index in [-0.39, 0.29) is 5.82 Å². The standard InChI is InChI=1S/C18H21NO2S.C12H17FN2O/c1-3-4-5-15-7-9-17(10-8-15)19-22(21)18-11-6-14(2)16(12-18)13-20;1-14-5-7-15(8-6-14)10-3-4-11(13)12(9-10)16-2/h6-13,19H,3-5H2,1-2H3;3-4,9H,5-8H2,1-2H3. The van der Waals surface area contributed by atoms with Gasteiger partial charge in [0.05, 0.1) is 12.0 Å². The van der Waals surface area contributed by atoms with Gasteiger partial charge in [-0.25, -0.2) is 8.60 Å². The zero-order valence-corrected chi connectivity index (χ0v) is 23.5. The van der Waals surface area contributed by atoms with E-state index in [1.54, 1.807) is 18.2 Å². The van der Waals surface area contributed by atoms with E-state index >= 15 is 0 Å². The first kappa shape index (κ1) is 29.3. The molecule has 1 saturated heterocycles. The number of anilines is 2. The SMILES string of the molecule is CCCCc1ccc(NS(=O)c2ccc(C)c(C=O)c2)cc1.COc1cc(N2CCN(C)CC2)ccc1F. The van der Waals surface area contributed by atoms with Gasteiger partial charge in [0, 0.05) is 49.2 Å². The van der Waals surface area contributed by atoms with Crippen LogP contribution in [0, 0.1) is 12.7 Å². The van der Waals surface area contributed by atoms with Crippen molar-refractivity contribution in [2.75, 3.05) is 50.0 Å². The lowest BCUT2D eigenvalue weighted by Crippen LogP contribution is -2.44. The number of likely N-dealkylation sites (N-methyl/N-ethyl adjacent to an activating group) is 1. The minimum atomic E-state index is -1.38. The first-order valence-corrected chi connectivity index (χ1v) is 14.1. The average molecular weight is 540 g/mol. The molecule has 3 aromatic rings. The quantitative estimate of drug-likeness (QED) is 0.345. The molecule has 0 saturated carbocycles. The molecule has 1 N–H and O–H groups in total. The number of halogens is 1. The number of ether oxygens (including phenoxy) is 1. The fraction of sp³-hybridized carbons (Fsp3) is 0.367. The van der Waals surface area contributed by atoms with Crippen molar-refractivity contribution in [3.05, 3.63) is 83.2 Å². The van der Waals surface area contributed by atoms with Crippen LogP contribution in [0.5, 0.6) is 5.75 Å². The minimum absolute atomic E-state index is 0.305. The van der Waals surface area contributed by atoms with E-state index in [1.165, 1.54) is 31.6 Å². The van der Waals surface area contributed by atoms with Gasteiger partial charge in [-0.1, -0.05) is 31.5 Å². The van der Waals surface area contributed by atoms with Crippen molar-refractivity contribution in [1.82, 2.24) is 4.90 Å². The van der Waals surface area contributed by atoms with Crippen LogP contribution < -0.4 is 14.4 Å². The molecule has 0 radical (unpaired) electrons. The summed E-state index contributed by atoms with van der Waals surface area (Å²) in [5, 5.41) is 0. The summed E-state index contributed by atoms with van der Waals surface area (Å²) in [5.74, 6) is 0.0109. The van der Waals surface area contributed by atoms with Crippen molar-refractivity contribution in [3.63, 3.8) is 0 Å². The maximum absolute atomic E-state index is 13.2. The maximum Gasteiger partial charge on any atom is 0.165 e. The van der Waals surface area contributed by atoms with E-state index < -0.39 is 11.0 Å². The van der Waals surface area contributed by atoms with Crippen LogP contribution in [0.25, 0.3) is 0 Å². The Kier molecular flexibility index (Phi) is 11.3. The number of hydrogen-bond acceptors (Lipinski definition) is 5. The summed E-state index contributed by atoms with van der Waals surface area (Å²) >= 11 is 0. The highest BCUT2D eigenvalue weighted by atomic mass is 32.2. The van der Waals surface area contributed by atoms with Gasteiger partial charge in [-0.2, -0.15) is 0 Å². The zero-order valence-electron chi connectivity index (χ0n) is 22.7. The predicted molar refractivity (Wildman–Crippen MR) is 154 cm³/mol. The largest absolute Gasteiger partial charge is 0.494 e. The lowest BCUT2D eigenvalue weighted by Gasteiger charge is -2.34. The van der Waals surface area contributed by atoms with E-state index in [0.717, 1.165) is 55.8 Å². The van der Waals surface area contributed by atoms with Crippen LogP contribution in [0.2, 0.25) is 0 Å². The molecule has 1 heterocycles. The molecule has 1 fully saturated rings. The van der Waals surface area contributed by atoms with E-state index in [1.807, 2.05) is 31.2 Å². The van der Waals surface area contributed by atoms with Crippen molar-refractivity contribution in [3.8, 4) is 5.75 Å². The Morgan fingerprint density at radius 2 is 1.74 bits per heavy atom. The number of aldehydes is 1. The summed E-state index contributed by atoms with van der Waals surface area (Å²) in [5.41, 5.74) is 4.59. The van der Waals surface area contributed by atoms with Crippen LogP contribution in [-0.2, 0) is 17.4 Å². The van der Waals surface area contributed by atoms with Gasteiger partial charge in [0.25, 0.3) is 0 Å². The normalized spacial score (nSPS) is 14.3. The molecule has 8 heteroatoms. The second kappa shape index (κ2) is 14.6. The molecule has 1 unspecified atom stereocenters. The highest BCUT2D eigenvalue weighted by Crippen LogP contribution is 2.25. The molecule has 1 aliphatic heterocycles. The summed E-state index contributed by atoms with van der Waals surface area (Å²) in [6, 6.07) is 18.3. The molecule has 0 amide bonds. The van der Waals surface area contributed by atoms with Crippen LogP contribution in [0.4, 0.5) is 15.8 Å². The van der Waals surface area contributed by atoms with Gasteiger partial charge in [0.1, 0.15) is 17.3 Å². The summed E-state index contributed by atoms with van der Waals surface area (Å²) < 4.78 is 33.5. The van der Waals surface area contributed by atoms with Crippen molar-refractivity contribution in [2.24, 2.45) is 0 Å². The number of nitrogens with one attached hydrogen (secondary N) is 1. The smallest absolute Gasteiger partial charge is 0.165 e. The molecule has 6 nitrogen and oxygen atoms in total. The topological polar surface area (TPSA) is 61.9 Å². The molecule has 1 aliphatic rings.